The zero-order chi connectivity index (χ0) is 14.6. The van der Waals surface area contributed by atoms with Gasteiger partial charge in [-0.15, -0.1) is 0 Å². The molecule has 3 N–H and O–H groups in total. The highest BCUT2D eigenvalue weighted by atomic mass is 32.2. The number of hydrogen-bond donors (Lipinski definition) is 2. The summed E-state index contributed by atoms with van der Waals surface area (Å²) in [6.07, 6.45) is 0. The van der Waals surface area contributed by atoms with E-state index < -0.39 is 21.0 Å². The summed E-state index contributed by atoms with van der Waals surface area (Å²) in [5, 5.41) is 1.40. The van der Waals surface area contributed by atoms with Crippen LogP contribution in [0.4, 0.5) is 11.4 Å². The van der Waals surface area contributed by atoms with Gasteiger partial charge in [0.2, 0.25) is 5.91 Å². The minimum Gasteiger partial charge on any atom is -0.495 e. The fourth-order valence-corrected chi connectivity index (χ4v) is 2.36. The zero-order valence-corrected chi connectivity index (χ0v) is 12.0. The van der Waals surface area contributed by atoms with E-state index in [-0.39, 0.29) is 5.75 Å². The Hall–Kier alpha value is -1.76. The fraction of sp³-hybridized carbons (Fsp3) is 0.417. The highest BCUT2D eigenvalue weighted by molar-refractivity contribution is 7.92. The molecule has 7 heteroatoms. The molecule has 0 aliphatic carbocycles. The number of nitrogen functional groups attached to an aromatic ring is 1. The van der Waals surface area contributed by atoms with Crippen LogP contribution in [0, 0.1) is 0 Å². The van der Waals surface area contributed by atoms with Crippen LogP contribution >= 0.6 is 0 Å². The number of methoxy groups -OCH3 is 1. The van der Waals surface area contributed by atoms with Gasteiger partial charge in [-0.2, -0.15) is 0 Å². The minimum absolute atomic E-state index is 0.0876. The van der Waals surface area contributed by atoms with Crippen LogP contribution in [0.25, 0.3) is 0 Å². The Kier molecular flexibility index (Phi) is 4.77. The second-order valence-electron chi connectivity index (χ2n) is 4.04. The molecule has 106 valence electrons. The van der Waals surface area contributed by atoms with Gasteiger partial charge in [-0.05, 0) is 25.1 Å². The molecule has 1 rings (SSSR count). The number of ether oxygens (including phenoxy) is 1. The van der Waals surface area contributed by atoms with Crippen molar-refractivity contribution in [2.24, 2.45) is 0 Å². The highest BCUT2D eigenvalue weighted by Gasteiger charge is 2.26. The predicted molar refractivity (Wildman–Crippen MR) is 75.0 cm³/mol. The van der Waals surface area contributed by atoms with E-state index in [0.717, 1.165) is 0 Å². The maximum Gasteiger partial charge on any atom is 0.242 e. The average Bonchev–Trinajstić information content (AvgIpc) is 2.38. The quantitative estimate of drug-likeness (QED) is 0.788. The molecular formula is C12H18N2O4S. The molecule has 0 aliphatic rings. The molecule has 0 aromatic heterocycles. The molecule has 0 aliphatic heterocycles. The first-order chi connectivity index (χ1) is 8.81. The molecular weight excluding hydrogens is 268 g/mol. The fourth-order valence-electron chi connectivity index (χ4n) is 1.47. The maximum absolute atomic E-state index is 11.9. The molecule has 6 nitrogen and oxygen atoms in total. The van der Waals surface area contributed by atoms with Gasteiger partial charge < -0.3 is 15.8 Å². The molecule has 0 heterocycles. The van der Waals surface area contributed by atoms with E-state index >= 15 is 0 Å². The zero-order valence-electron chi connectivity index (χ0n) is 11.1. The van der Waals surface area contributed by atoms with E-state index in [0.29, 0.717) is 17.1 Å². The Morgan fingerprint density at radius 1 is 1.47 bits per heavy atom. The van der Waals surface area contributed by atoms with Crippen molar-refractivity contribution in [2.45, 2.75) is 19.1 Å². The number of carbonyl (C=O) groups excluding carboxylic acids is 1. The van der Waals surface area contributed by atoms with E-state index in [4.69, 9.17) is 10.5 Å². The molecule has 1 aromatic rings. The normalized spacial score (nSPS) is 12.8. The lowest BCUT2D eigenvalue weighted by molar-refractivity contribution is -0.115. The Morgan fingerprint density at radius 3 is 2.63 bits per heavy atom. The molecule has 0 saturated heterocycles. The maximum atomic E-state index is 11.9. The summed E-state index contributed by atoms with van der Waals surface area (Å²) in [7, 11) is -1.98. The number of amides is 1. The Labute approximate surface area is 112 Å². The van der Waals surface area contributed by atoms with Gasteiger partial charge >= 0.3 is 0 Å². The van der Waals surface area contributed by atoms with Gasteiger partial charge in [-0.1, -0.05) is 6.92 Å². The van der Waals surface area contributed by atoms with Crippen LogP contribution in [-0.4, -0.2) is 32.4 Å². The van der Waals surface area contributed by atoms with E-state index in [9.17, 15) is 13.2 Å². The number of hydrogen-bond acceptors (Lipinski definition) is 5. The first kappa shape index (κ1) is 15.3. The van der Waals surface area contributed by atoms with Gasteiger partial charge in [0, 0.05) is 11.4 Å². The standard InChI is InChI=1S/C12H18N2O4S/c1-4-19(16,17)8(2)12(15)14-10-7-9(13)5-6-11(10)18-3/h5-8H,4,13H2,1-3H3,(H,14,15). The summed E-state index contributed by atoms with van der Waals surface area (Å²) in [6.45, 7) is 2.85. The largest absolute Gasteiger partial charge is 0.495 e. The second-order valence-corrected chi connectivity index (χ2v) is 6.65. The molecule has 1 amide bonds. The number of benzene rings is 1. The van der Waals surface area contributed by atoms with Gasteiger partial charge in [0.15, 0.2) is 9.84 Å². The van der Waals surface area contributed by atoms with Gasteiger partial charge in [0.1, 0.15) is 11.0 Å². The van der Waals surface area contributed by atoms with E-state index in [1.54, 1.807) is 12.1 Å². The van der Waals surface area contributed by atoms with Gasteiger partial charge in [-0.3, -0.25) is 4.79 Å². The molecule has 1 atom stereocenters. The van der Waals surface area contributed by atoms with Crippen molar-refractivity contribution in [3.63, 3.8) is 0 Å². The van der Waals surface area contributed by atoms with Crippen molar-refractivity contribution in [2.75, 3.05) is 23.9 Å². The molecule has 0 bridgehead atoms. The molecule has 0 spiro atoms. The summed E-state index contributed by atoms with van der Waals surface area (Å²) in [5.41, 5.74) is 6.42. The van der Waals surface area contributed by atoms with Crippen molar-refractivity contribution < 1.29 is 17.9 Å². The number of rotatable bonds is 5. The average molecular weight is 286 g/mol. The summed E-state index contributed by atoms with van der Waals surface area (Å²) < 4.78 is 28.3. The van der Waals surface area contributed by atoms with Crippen LogP contribution in [0.5, 0.6) is 5.75 Å². The van der Waals surface area contributed by atoms with Crippen LogP contribution in [0.2, 0.25) is 0 Å². The molecule has 1 unspecified atom stereocenters. The molecule has 1 aromatic carbocycles. The lowest BCUT2D eigenvalue weighted by Crippen LogP contribution is -2.33. The van der Waals surface area contributed by atoms with Crippen LogP contribution in [0.3, 0.4) is 0 Å². The number of nitrogens with one attached hydrogen (secondary N) is 1. The van der Waals surface area contributed by atoms with Crippen LogP contribution in [-0.2, 0) is 14.6 Å². The van der Waals surface area contributed by atoms with Crippen LogP contribution in [0.1, 0.15) is 13.8 Å². The lowest BCUT2D eigenvalue weighted by atomic mass is 10.2. The van der Waals surface area contributed by atoms with E-state index in [2.05, 4.69) is 5.32 Å². The number of carbonyl (C=O) groups is 1. The van der Waals surface area contributed by atoms with Gasteiger partial charge in [0.25, 0.3) is 0 Å². The third kappa shape index (κ3) is 3.60. The Balaban J connectivity index is 2.97. The van der Waals surface area contributed by atoms with Crippen molar-refractivity contribution in [3.05, 3.63) is 18.2 Å². The molecule has 19 heavy (non-hydrogen) atoms. The summed E-state index contributed by atoms with van der Waals surface area (Å²) in [5.74, 6) is -0.273. The van der Waals surface area contributed by atoms with Crippen LogP contribution < -0.4 is 15.8 Å². The van der Waals surface area contributed by atoms with Gasteiger partial charge in [-0.25, -0.2) is 8.42 Å². The Morgan fingerprint density at radius 2 is 2.11 bits per heavy atom. The molecule has 0 fully saturated rings. The summed E-state index contributed by atoms with van der Waals surface area (Å²) in [6, 6.07) is 4.74. The predicted octanol–water partition coefficient (Wildman–Crippen LogP) is 1.04. The molecule has 0 saturated carbocycles. The third-order valence-corrected chi connectivity index (χ3v) is 4.89. The van der Waals surface area contributed by atoms with Crippen molar-refractivity contribution in [1.29, 1.82) is 0 Å². The Bertz CT molecular complexity index is 569. The third-order valence-electron chi connectivity index (χ3n) is 2.79. The summed E-state index contributed by atoms with van der Waals surface area (Å²) in [4.78, 5) is 11.9. The topological polar surface area (TPSA) is 98.5 Å². The monoisotopic (exact) mass is 286 g/mol. The second kappa shape index (κ2) is 5.92. The summed E-state index contributed by atoms with van der Waals surface area (Å²) >= 11 is 0. The van der Waals surface area contributed by atoms with Gasteiger partial charge in [0.05, 0.1) is 12.8 Å². The number of nitrogens with two attached hydrogens (primary N) is 1. The number of anilines is 2. The first-order valence-electron chi connectivity index (χ1n) is 5.77. The first-order valence-corrected chi connectivity index (χ1v) is 7.49. The van der Waals surface area contributed by atoms with Crippen molar-refractivity contribution in [1.82, 2.24) is 0 Å². The van der Waals surface area contributed by atoms with Crippen molar-refractivity contribution in [3.8, 4) is 5.75 Å². The van der Waals surface area contributed by atoms with Crippen LogP contribution in [0.15, 0.2) is 18.2 Å². The van der Waals surface area contributed by atoms with E-state index in [1.165, 1.54) is 27.0 Å². The lowest BCUT2D eigenvalue weighted by Gasteiger charge is -2.14. The smallest absolute Gasteiger partial charge is 0.242 e. The minimum atomic E-state index is -3.43. The number of sulfone groups is 1. The molecule has 0 radical (unpaired) electrons. The SMILES string of the molecule is CCS(=O)(=O)C(C)C(=O)Nc1cc(N)ccc1OC. The highest BCUT2D eigenvalue weighted by Crippen LogP contribution is 2.26. The van der Waals surface area contributed by atoms with Crippen molar-refractivity contribution >= 4 is 27.1 Å². The van der Waals surface area contributed by atoms with E-state index in [1.807, 2.05) is 0 Å².